The van der Waals surface area contributed by atoms with E-state index in [1.807, 2.05) is 48.5 Å². The summed E-state index contributed by atoms with van der Waals surface area (Å²) in [6.07, 6.45) is 0.617. The van der Waals surface area contributed by atoms with Crippen LogP contribution in [0.4, 0.5) is 0 Å². The van der Waals surface area contributed by atoms with Crippen LogP contribution in [-0.2, 0) is 11.2 Å². The van der Waals surface area contributed by atoms with Crippen molar-refractivity contribution in [1.82, 2.24) is 10.7 Å². The number of hydrogen-bond donors (Lipinski definition) is 2. The van der Waals surface area contributed by atoms with Gasteiger partial charge in [0.15, 0.2) is 5.17 Å². The van der Waals surface area contributed by atoms with E-state index in [9.17, 15) is 4.79 Å². The van der Waals surface area contributed by atoms with Gasteiger partial charge in [0.2, 0.25) is 5.91 Å². The third-order valence-corrected chi connectivity index (χ3v) is 5.18. The maximum Gasteiger partial charge on any atom is 0.239 e. The second kappa shape index (κ2) is 8.29. The summed E-state index contributed by atoms with van der Waals surface area (Å²) in [6.45, 7) is 3.96. The second-order valence-corrected chi connectivity index (χ2v) is 7.29. The zero-order chi connectivity index (χ0) is 18.5. The molecular formula is C19H18ClN3O2S. The van der Waals surface area contributed by atoms with Crippen molar-refractivity contribution in [2.24, 2.45) is 5.10 Å². The van der Waals surface area contributed by atoms with Crippen molar-refractivity contribution >= 4 is 40.1 Å². The normalized spacial score (nSPS) is 17.8. The molecule has 2 N–H and O–H groups in total. The quantitative estimate of drug-likeness (QED) is 0.742. The number of halogens is 1. The number of amidine groups is 1. The number of benzene rings is 2. The SMILES string of the molecule is C=C(N/N=C1\NC(=O)[C@H](Cc2ccc(Cl)cc2)S1)c1ccc(OC)cc1. The minimum atomic E-state index is -0.217. The van der Waals surface area contributed by atoms with Gasteiger partial charge >= 0.3 is 0 Å². The van der Waals surface area contributed by atoms with E-state index in [1.54, 1.807) is 7.11 Å². The van der Waals surface area contributed by atoms with E-state index in [4.69, 9.17) is 16.3 Å². The van der Waals surface area contributed by atoms with Crippen molar-refractivity contribution in [2.75, 3.05) is 7.11 Å². The van der Waals surface area contributed by atoms with E-state index >= 15 is 0 Å². The number of amides is 1. The fraction of sp³-hybridized carbons (Fsp3) is 0.158. The van der Waals surface area contributed by atoms with Crippen LogP contribution in [-0.4, -0.2) is 23.4 Å². The molecule has 0 bridgehead atoms. The Morgan fingerprint density at radius 3 is 2.62 bits per heavy atom. The number of thioether (sulfide) groups is 1. The molecule has 0 saturated carbocycles. The molecule has 7 heteroatoms. The highest BCUT2D eigenvalue weighted by Gasteiger charge is 2.30. The Morgan fingerprint density at radius 1 is 1.27 bits per heavy atom. The molecule has 1 atom stereocenters. The molecule has 1 aliphatic heterocycles. The van der Waals surface area contributed by atoms with Gasteiger partial charge in [0.25, 0.3) is 0 Å². The predicted molar refractivity (Wildman–Crippen MR) is 107 cm³/mol. The number of hydrazone groups is 1. The first-order chi connectivity index (χ1) is 12.5. The van der Waals surface area contributed by atoms with Crippen LogP contribution in [0.15, 0.2) is 60.2 Å². The van der Waals surface area contributed by atoms with Crippen molar-refractivity contribution in [3.8, 4) is 5.75 Å². The highest BCUT2D eigenvalue weighted by molar-refractivity contribution is 8.15. The highest BCUT2D eigenvalue weighted by Crippen LogP contribution is 2.24. The summed E-state index contributed by atoms with van der Waals surface area (Å²) < 4.78 is 5.13. The summed E-state index contributed by atoms with van der Waals surface area (Å²) in [7, 11) is 1.62. The van der Waals surface area contributed by atoms with Gasteiger partial charge in [-0.05, 0) is 53.9 Å². The van der Waals surface area contributed by atoms with Crippen LogP contribution in [0.25, 0.3) is 5.70 Å². The van der Waals surface area contributed by atoms with Crippen LogP contribution >= 0.6 is 23.4 Å². The summed E-state index contributed by atoms with van der Waals surface area (Å²) in [4.78, 5) is 12.1. The van der Waals surface area contributed by atoms with E-state index in [0.717, 1.165) is 16.9 Å². The first kappa shape index (κ1) is 18.4. The number of hydrogen-bond acceptors (Lipinski definition) is 5. The van der Waals surface area contributed by atoms with Crippen LogP contribution in [0.1, 0.15) is 11.1 Å². The Balaban J connectivity index is 1.58. The summed E-state index contributed by atoms with van der Waals surface area (Å²) in [5.74, 6) is 0.720. The molecule has 0 aromatic heterocycles. The number of nitrogens with one attached hydrogen (secondary N) is 2. The largest absolute Gasteiger partial charge is 0.497 e. The minimum Gasteiger partial charge on any atom is -0.497 e. The van der Waals surface area contributed by atoms with E-state index in [1.165, 1.54) is 11.8 Å². The average molecular weight is 388 g/mol. The van der Waals surface area contributed by atoms with Gasteiger partial charge in [0.1, 0.15) is 5.75 Å². The van der Waals surface area contributed by atoms with Crippen molar-refractivity contribution in [3.05, 3.63) is 71.3 Å². The maximum absolute atomic E-state index is 12.1. The van der Waals surface area contributed by atoms with Gasteiger partial charge in [0, 0.05) is 5.02 Å². The maximum atomic E-state index is 12.1. The van der Waals surface area contributed by atoms with Crippen LogP contribution < -0.4 is 15.5 Å². The van der Waals surface area contributed by atoms with Gasteiger partial charge in [-0.2, -0.15) is 0 Å². The minimum absolute atomic E-state index is 0.0550. The molecule has 0 aliphatic carbocycles. The summed E-state index contributed by atoms with van der Waals surface area (Å²) in [5.41, 5.74) is 5.47. The van der Waals surface area contributed by atoms with Crippen molar-refractivity contribution < 1.29 is 9.53 Å². The lowest BCUT2D eigenvalue weighted by molar-refractivity contribution is -0.118. The fourth-order valence-electron chi connectivity index (χ4n) is 2.40. The molecule has 26 heavy (non-hydrogen) atoms. The number of ether oxygens (including phenoxy) is 1. The monoisotopic (exact) mass is 387 g/mol. The van der Waals surface area contributed by atoms with E-state index < -0.39 is 0 Å². The topological polar surface area (TPSA) is 62.7 Å². The number of carbonyl (C=O) groups is 1. The van der Waals surface area contributed by atoms with Crippen LogP contribution in [0.3, 0.4) is 0 Å². The molecular weight excluding hydrogens is 370 g/mol. The van der Waals surface area contributed by atoms with E-state index in [2.05, 4.69) is 22.4 Å². The molecule has 0 radical (unpaired) electrons. The van der Waals surface area contributed by atoms with Gasteiger partial charge in [-0.1, -0.05) is 42.1 Å². The Kier molecular flexibility index (Phi) is 5.85. The first-order valence-corrected chi connectivity index (χ1v) is 9.20. The average Bonchev–Trinajstić information content (AvgIpc) is 3.01. The smallest absolute Gasteiger partial charge is 0.239 e. The van der Waals surface area contributed by atoms with Gasteiger partial charge in [-0.3, -0.25) is 10.2 Å². The molecule has 1 aliphatic rings. The molecule has 2 aromatic carbocycles. The predicted octanol–water partition coefficient (Wildman–Crippen LogP) is 3.65. The Morgan fingerprint density at radius 2 is 1.96 bits per heavy atom. The number of carbonyl (C=O) groups excluding carboxylic acids is 1. The highest BCUT2D eigenvalue weighted by atomic mass is 35.5. The van der Waals surface area contributed by atoms with E-state index in [-0.39, 0.29) is 11.2 Å². The third kappa shape index (κ3) is 4.59. The van der Waals surface area contributed by atoms with Crippen LogP contribution in [0.2, 0.25) is 5.02 Å². The van der Waals surface area contributed by atoms with Crippen LogP contribution in [0, 0.1) is 0 Å². The molecule has 0 spiro atoms. The molecule has 134 valence electrons. The standard InChI is InChI=1S/C19H18ClN3O2S/c1-12(14-5-9-16(25-2)10-6-14)22-23-19-21-18(24)17(26-19)11-13-3-7-15(20)8-4-13/h3-10,17,22H,1,11H2,2H3,(H,21,23,24)/t17-/m0/s1. The molecule has 1 fully saturated rings. The first-order valence-electron chi connectivity index (χ1n) is 7.94. The molecule has 3 rings (SSSR count). The van der Waals surface area contributed by atoms with Crippen molar-refractivity contribution in [3.63, 3.8) is 0 Å². The van der Waals surface area contributed by atoms with Crippen LogP contribution in [0.5, 0.6) is 5.75 Å². The van der Waals surface area contributed by atoms with Crippen molar-refractivity contribution in [1.29, 1.82) is 0 Å². The van der Waals surface area contributed by atoms with Gasteiger partial charge in [-0.15, -0.1) is 5.10 Å². The Labute approximate surface area is 161 Å². The molecule has 5 nitrogen and oxygen atoms in total. The lowest BCUT2D eigenvalue weighted by Crippen LogP contribution is -2.26. The zero-order valence-corrected chi connectivity index (χ0v) is 15.7. The van der Waals surface area contributed by atoms with Gasteiger partial charge in [-0.25, -0.2) is 0 Å². The summed E-state index contributed by atoms with van der Waals surface area (Å²) >= 11 is 7.29. The van der Waals surface area contributed by atoms with E-state index in [0.29, 0.717) is 22.3 Å². The van der Waals surface area contributed by atoms with Crippen molar-refractivity contribution in [2.45, 2.75) is 11.7 Å². The molecule has 1 saturated heterocycles. The lowest BCUT2D eigenvalue weighted by atomic mass is 10.1. The lowest BCUT2D eigenvalue weighted by Gasteiger charge is -2.07. The summed E-state index contributed by atoms with van der Waals surface area (Å²) in [6, 6.07) is 15.0. The molecule has 1 heterocycles. The molecule has 2 aromatic rings. The molecule has 0 unspecified atom stereocenters. The number of rotatable bonds is 6. The number of nitrogens with zero attached hydrogens (tertiary/aromatic N) is 1. The third-order valence-electron chi connectivity index (χ3n) is 3.84. The van der Waals surface area contributed by atoms with Gasteiger partial charge in [0.05, 0.1) is 18.1 Å². The Bertz CT molecular complexity index is 835. The summed E-state index contributed by atoms with van der Waals surface area (Å²) in [5, 5.41) is 8.02. The molecule has 1 amide bonds. The zero-order valence-electron chi connectivity index (χ0n) is 14.2. The van der Waals surface area contributed by atoms with Gasteiger partial charge < -0.3 is 10.1 Å². The Hall–Kier alpha value is -2.44. The second-order valence-electron chi connectivity index (χ2n) is 5.66. The fourth-order valence-corrected chi connectivity index (χ4v) is 3.50. The number of methoxy groups -OCH3 is 1.